The second-order valence-corrected chi connectivity index (χ2v) is 8.90. The number of para-hydroxylation sites is 1. The topological polar surface area (TPSA) is 119 Å². The van der Waals surface area contributed by atoms with Crippen molar-refractivity contribution in [3.63, 3.8) is 0 Å². The Morgan fingerprint density at radius 3 is 2.63 bits per heavy atom. The Morgan fingerprint density at radius 2 is 1.93 bits per heavy atom. The first-order chi connectivity index (χ1) is 14.5. The fourth-order valence-electron chi connectivity index (χ4n) is 4.00. The average Bonchev–Trinajstić information content (AvgIpc) is 2.85. The SMILES string of the molecule is O=C(O)CN1C(=O)C(NC(CSCC2CCNCC2)C(=O)O)CCc2ccccc21. The molecule has 1 aromatic carbocycles. The van der Waals surface area contributed by atoms with Crippen LogP contribution in [0, 0.1) is 5.92 Å². The molecule has 0 radical (unpaired) electrons. The van der Waals surface area contributed by atoms with E-state index >= 15 is 0 Å². The van der Waals surface area contributed by atoms with E-state index < -0.39 is 36.5 Å². The summed E-state index contributed by atoms with van der Waals surface area (Å²) >= 11 is 1.60. The number of hydrogen-bond acceptors (Lipinski definition) is 6. The molecule has 0 saturated carbocycles. The number of carbonyl (C=O) groups is 3. The van der Waals surface area contributed by atoms with Crippen molar-refractivity contribution in [1.29, 1.82) is 0 Å². The summed E-state index contributed by atoms with van der Waals surface area (Å²) in [5.41, 5.74) is 1.48. The third-order valence-corrected chi connectivity index (χ3v) is 6.92. The summed E-state index contributed by atoms with van der Waals surface area (Å²) in [6, 6.07) is 5.64. The van der Waals surface area contributed by atoms with E-state index in [1.165, 1.54) is 4.90 Å². The summed E-state index contributed by atoms with van der Waals surface area (Å²) < 4.78 is 0. The van der Waals surface area contributed by atoms with Gasteiger partial charge < -0.3 is 15.5 Å². The number of aryl methyl sites for hydroxylation is 1. The number of hydrogen-bond donors (Lipinski definition) is 4. The maximum absolute atomic E-state index is 13.1. The van der Waals surface area contributed by atoms with Crippen molar-refractivity contribution in [2.45, 2.75) is 37.8 Å². The lowest BCUT2D eigenvalue weighted by Gasteiger charge is -2.27. The van der Waals surface area contributed by atoms with Gasteiger partial charge in [0.05, 0.1) is 6.04 Å². The quantitative estimate of drug-likeness (QED) is 0.457. The molecule has 2 heterocycles. The molecule has 1 amide bonds. The molecule has 0 spiro atoms. The zero-order valence-corrected chi connectivity index (χ0v) is 17.7. The normalized spacial score (nSPS) is 21.0. The Morgan fingerprint density at radius 1 is 1.20 bits per heavy atom. The van der Waals surface area contributed by atoms with Crippen LogP contribution in [-0.4, -0.2) is 71.3 Å². The van der Waals surface area contributed by atoms with Crippen LogP contribution in [0.25, 0.3) is 0 Å². The standard InChI is InChI=1S/C21H29N3O5S/c25-19(26)11-24-18-4-2-1-3-15(18)5-6-16(20(24)27)23-17(21(28)29)13-30-12-14-7-9-22-10-8-14/h1-4,14,16-17,22-23H,5-13H2,(H,25,26)(H,28,29). The first-order valence-corrected chi connectivity index (χ1v) is 11.5. The Hall–Kier alpha value is -2.10. The number of fused-ring (bicyclic) bond motifs is 1. The molecule has 1 fully saturated rings. The van der Waals surface area contributed by atoms with Gasteiger partial charge in [0.25, 0.3) is 0 Å². The Balaban J connectivity index is 1.66. The highest BCUT2D eigenvalue weighted by Crippen LogP contribution is 2.27. The molecule has 9 heteroatoms. The van der Waals surface area contributed by atoms with Gasteiger partial charge in [-0.3, -0.25) is 24.6 Å². The number of aliphatic carboxylic acids is 2. The van der Waals surface area contributed by atoms with Gasteiger partial charge in [-0.1, -0.05) is 18.2 Å². The number of carboxylic acid groups (broad SMARTS) is 2. The molecular weight excluding hydrogens is 406 g/mol. The molecule has 164 valence electrons. The van der Waals surface area contributed by atoms with E-state index in [4.69, 9.17) is 0 Å². The highest BCUT2D eigenvalue weighted by Gasteiger charge is 2.34. The van der Waals surface area contributed by atoms with E-state index in [0.29, 0.717) is 30.2 Å². The average molecular weight is 436 g/mol. The number of piperidine rings is 1. The van der Waals surface area contributed by atoms with Crippen molar-refractivity contribution in [3.8, 4) is 0 Å². The molecule has 8 nitrogen and oxygen atoms in total. The number of carbonyl (C=O) groups excluding carboxylic acids is 1. The van der Waals surface area contributed by atoms with Gasteiger partial charge >= 0.3 is 11.9 Å². The van der Waals surface area contributed by atoms with E-state index in [1.54, 1.807) is 23.9 Å². The molecule has 30 heavy (non-hydrogen) atoms. The van der Waals surface area contributed by atoms with Crippen LogP contribution in [0.3, 0.4) is 0 Å². The lowest BCUT2D eigenvalue weighted by molar-refractivity contribution is -0.140. The van der Waals surface area contributed by atoms with Gasteiger partial charge in [-0.05, 0) is 62.1 Å². The lowest BCUT2D eigenvalue weighted by atomic mass is 10.0. The summed E-state index contributed by atoms with van der Waals surface area (Å²) in [5, 5.41) is 25.3. The first-order valence-electron chi connectivity index (χ1n) is 10.3. The number of amides is 1. The summed E-state index contributed by atoms with van der Waals surface area (Å²) in [6.07, 6.45) is 3.20. The number of carboxylic acids is 2. The first kappa shape index (κ1) is 22.6. The maximum atomic E-state index is 13.1. The van der Waals surface area contributed by atoms with Crippen LogP contribution in [0.2, 0.25) is 0 Å². The van der Waals surface area contributed by atoms with Crippen LogP contribution in [0.15, 0.2) is 24.3 Å². The number of rotatable bonds is 9. The van der Waals surface area contributed by atoms with Crippen molar-refractivity contribution in [3.05, 3.63) is 29.8 Å². The van der Waals surface area contributed by atoms with E-state index in [2.05, 4.69) is 10.6 Å². The van der Waals surface area contributed by atoms with Crippen molar-refractivity contribution in [1.82, 2.24) is 10.6 Å². The van der Waals surface area contributed by atoms with Gasteiger partial charge in [0.2, 0.25) is 5.91 Å². The smallest absolute Gasteiger partial charge is 0.323 e. The minimum atomic E-state index is -1.11. The van der Waals surface area contributed by atoms with Crippen molar-refractivity contribution in [2.75, 3.05) is 36.0 Å². The van der Waals surface area contributed by atoms with Crippen LogP contribution < -0.4 is 15.5 Å². The number of nitrogens with zero attached hydrogens (tertiary/aromatic N) is 1. The second-order valence-electron chi connectivity index (χ2n) is 7.83. The molecule has 2 aliphatic rings. The summed E-state index contributed by atoms with van der Waals surface area (Å²) in [5.74, 6) is -0.627. The molecule has 2 aliphatic heterocycles. The molecule has 1 aromatic rings. The Kier molecular flexibility index (Phi) is 8.12. The number of benzene rings is 1. The zero-order chi connectivity index (χ0) is 21.5. The van der Waals surface area contributed by atoms with Crippen molar-refractivity contribution in [2.24, 2.45) is 5.92 Å². The minimum absolute atomic E-state index is 0.370. The predicted octanol–water partition coefficient (Wildman–Crippen LogP) is 1.19. The monoisotopic (exact) mass is 435 g/mol. The van der Waals surface area contributed by atoms with Crippen molar-refractivity contribution < 1.29 is 24.6 Å². The van der Waals surface area contributed by atoms with Crippen LogP contribution in [-0.2, 0) is 20.8 Å². The highest BCUT2D eigenvalue weighted by molar-refractivity contribution is 7.99. The van der Waals surface area contributed by atoms with E-state index in [1.807, 2.05) is 12.1 Å². The molecule has 0 aromatic heterocycles. The van der Waals surface area contributed by atoms with Gasteiger partial charge in [-0.25, -0.2) is 0 Å². The lowest BCUT2D eigenvalue weighted by Crippen LogP contribution is -2.53. The Bertz CT molecular complexity index is 769. The van der Waals surface area contributed by atoms with Crippen molar-refractivity contribution >= 4 is 35.3 Å². The molecule has 1 saturated heterocycles. The van der Waals surface area contributed by atoms with Crippen LogP contribution in [0.5, 0.6) is 0 Å². The highest BCUT2D eigenvalue weighted by atomic mass is 32.2. The van der Waals surface area contributed by atoms with Gasteiger partial charge in [0, 0.05) is 11.4 Å². The molecule has 0 aliphatic carbocycles. The molecule has 0 bridgehead atoms. The van der Waals surface area contributed by atoms with Gasteiger partial charge in [-0.2, -0.15) is 11.8 Å². The van der Waals surface area contributed by atoms with Crippen LogP contribution in [0.4, 0.5) is 5.69 Å². The zero-order valence-electron chi connectivity index (χ0n) is 16.9. The minimum Gasteiger partial charge on any atom is -0.480 e. The number of nitrogens with one attached hydrogen (secondary N) is 2. The maximum Gasteiger partial charge on any atom is 0.323 e. The predicted molar refractivity (Wildman–Crippen MR) is 116 cm³/mol. The fourth-order valence-corrected chi connectivity index (χ4v) is 5.28. The van der Waals surface area contributed by atoms with Crippen LogP contribution in [0.1, 0.15) is 24.8 Å². The third kappa shape index (κ3) is 5.96. The Labute approximate surface area is 180 Å². The molecule has 3 rings (SSSR count). The molecule has 2 atom stereocenters. The van der Waals surface area contributed by atoms with E-state index in [0.717, 1.165) is 37.2 Å². The van der Waals surface area contributed by atoms with Gasteiger partial charge in [0.1, 0.15) is 12.6 Å². The van der Waals surface area contributed by atoms with Crippen LogP contribution >= 0.6 is 11.8 Å². The summed E-state index contributed by atoms with van der Waals surface area (Å²) in [7, 11) is 0. The van der Waals surface area contributed by atoms with Gasteiger partial charge in [-0.15, -0.1) is 0 Å². The molecule has 4 N–H and O–H groups in total. The molecular formula is C21H29N3O5S. The summed E-state index contributed by atoms with van der Waals surface area (Å²) in [4.78, 5) is 37.5. The molecule has 2 unspecified atom stereocenters. The van der Waals surface area contributed by atoms with E-state index in [9.17, 15) is 24.6 Å². The number of thioether (sulfide) groups is 1. The third-order valence-electron chi connectivity index (χ3n) is 5.64. The summed E-state index contributed by atoms with van der Waals surface area (Å²) in [6.45, 7) is 1.56. The van der Waals surface area contributed by atoms with Gasteiger partial charge in [0.15, 0.2) is 0 Å². The number of anilines is 1. The second kappa shape index (κ2) is 10.8. The largest absolute Gasteiger partial charge is 0.480 e. The fraction of sp³-hybridized carbons (Fsp3) is 0.571. The van der Waals surface area contributed by atoms with E-state index in [-0.39, 0.29) is 0 Å².